The maximum atomic E-state index is 14.1. The summed E-state index contributed by atoms with van der Waals surface area (Å²) in [6.45, 7) is 0.0567. The molecule has 0 aliphatic rings. The molecule has 28 heavy (non-hydrogen) atoms. The van der Waals surface area contributed by atoms with Crippen molar-refractivity contribution >= 4 is 23.4 Å². The first kappa shape index (κ1) is 19.5. The van der Waals surface area contributed by atoms with Gasteiger partial charge in [-0.05, 0) is 24.3 Å². The van der Waals surface area contributed by atoms with E-state index >= 15 is 0 Å². The van der Waals surface area contributed by atoms with Crippen molar-refractivity contribution in [2.75, 3.05) is 17.2 Å². The van der Waals surface area contributed by atoms with Crippen LogP contribution in [-0.4, -0.2) is 28.4 Å². The van der Waals surface area contributed by atoms with Gasteiger partial charge in [-0.25, -0.2) is 8.78 Å². The molecule has 0 aliphatic heterocycles. The van der Waals surface area contributed by atoms with Gasteiger partial charge in [-0.1, -0.05) is 36.0 Å². The highest BCUT2D eigenvalue weighted by Crippen LogP contribution is 2.26. The van der Waals surface area contributed by atoms with E-state index in [1.165, 1.54) is 35.2 Å². The van der Waals surface area contributed by atoms with Crippen molar-refractivity contribution in [2.45, 2.75) is 11.6 Å². The predicted molar refractivity (Wildman–Crippen MR) is 99.4 cm³/mol. The Hall–Kier alpha value is -3.25. The molecule has 2 aromatic carbocycles. The Kier molecular flexibility index (Phi) is 6.34. The van der Waals surface area contributed by atoms with Crippen LogP contribution in [0.5, 0.6) is 0 Å². The summed E-state index contributed by atoms with van der Waals surface area (Å²) in [5, 5.41) is 16.5. The minimum atomic E-state index is -0.557. The van der Waals surface area contributed by atoms with E-state index in [-0.39, 0.29) is 41.1 Å². The highest BCUT2D eigenvalue weighted by atomic mass is 32.2. The molecule has 0 spiro atoms. The fourth-order valence-electron chi connectivity index (χ4n) is 2.42. The lowest BCUT2D eigenvalue weighted by molar-refractivity contribution is -0.116. The number of nitriles is 1. The molecule has 0 aliphatic carbocycles. The summed E-state index contributed by atoms with van der Waals surface area (Å²) < 4.78 is 33.2. The number of hydrogen-bond donors (Lipinski definition) is 0. The highest BCUT2D eigenvalue weighted by Gasteiger charge is 2.20. The van der Waals surface area contributed by atoms with E-state index in [4.69, 9.17) is 9.68 Å². The van der Waals surface area contributed by atoms with Crippen LogP contribution in [-0.2, 0) is 4.79 Å². The highest BCUT2D eigenvalue weighted by molar-refractivity contribution is 7.99. The fourth-order valence-corrected chi connectivity index (χ4v) is 3.06. The molecule has 3 aromatic rings. The Morgan fingerprint density at radius 3 is 2.54 bits per heavy atom. The third-order valence-corrected chi connectivity index (χ3v) is 4.52. The lowest BCUT2D eigenvalue weighted by Gasteiger charge is -2.21. The molecule has 1 aromatic heterocycles. The number of anilines is 1. The van der Waals surface area contributed by atoms with Gasteiger partial charge in [0, 0.05) is 6.54 Å². The van der Waals surface area contributed by atoms with Gasteiger partial charge < -0.3 is 9.32 Å². The van der Waals surface area contributed by atoms with Crippen LogP contribution in [0.2, 0.25) is 0 Å². The first-order valence-electron chi connectivity index (χ1n) is 8.23. The van der Waals surface area contributed by atoms with Crippen molar-refractivity contribution in [1.29, 1.82) is 5.26 Å². The molecule has 0 bridgehead atoms. The van der Waals surface area contributed by atoms with Gasteiger partial charge in [0.05, 0.1) is 29.5 Å². The molecule has 6 nitrogen and oxygen atoms in total. The van der Waals surface area contributed by atoms with Gasteiger partial charge in [0.15, 0.2) is 0 Å². The second kappa shape index (κ2) is 9.10. The summed E-state index contributed by atoms with van der Waals surface area (Å²) in [5.74, 6) is -1.59. The lowest BCUT2D eigenvalue weighted by Crippen LogP contribution is -2.34. The Bertz CT molecular complexity index is 1020. The Balaban J connectivity index is 1.71. The molecule has 1 heterocycles. The van der Waals surface area contributed by atoms with E-state index in [1.54, 1.807) is 18.2 Å². The van der Waals surface area contributed by atoms with E-state index < -0.39 is 17.5 Å². The Labute approximate surface area is 163 Å². The zero-order chi connectivity index (χ0) is 19.9. The second-order valence-corrected chi connectivity index (χ2v) is 6.47. The van der Waals surface area contributed by atoms with Crippen LogP contribution in [0.3, 0.4) is 0 Å². The average Bonchev–Trinajstić information content (AvgIpc) is 3.17. The monoisotopic (exact) mass is 400 g/mol. The first-order valence-corrected chi connectivity index (χ1v) is 9.21. The number of aromatic nitrogens is 2. The fraction of sp³-hybridized carbons (Fsp3) is 0.158. The standard InChI is InChI=1S/C19H14F2N4O2S/c20-14-7-2-1-6-13(14)18-23-24-19(27-18)28-12-17(26)25(11-5-10-22)16-9-4-3-8-15(16)21/h1-4,6-9H,5,11-12H2. The number of carbonyl (C=O) groups excluding carboxylic acids is 1. The lowest BCUT2D eigenvalue weighted by atomic mass is 10.2. The van der Waals surface area contributed by atoms with Crippen LogP contribution in [0.4, 0.5) is 14.5 Å². The molecule has 0 fully saturated rings. The van der Waals surface area contributed by atoms with Crippen LogP contribution in [0.25, 0.3) is 11.5 Å². The van der Waals surface area contributed by atoms with Gasteiger partial charge in [0.2, 0.25) is 5.91 Å². The van der Waals surface area contributed by atoms with Gasteiger partial charge in [-0.15, -0.1) is 10.2 Å². The second-order valence-electron chi connectivity index (χ2n) is 5.55. The molecular formula is C19H14F2N4O2S. The number of benzene rings is 2. The maximum Gasteiger partial charge on any atom is 0.277 e. The van der Waals surface area contributed by atoms with E-state index in [0.717, 1.165) is 11.8 Å². The van der Waals surface area contributed by atoms with Crippen molar-refractivity contribution in [3.63, 3.8) is 0 Å². The zero-order valence-corrected chi connectivity index (χ0v) is 15.3. The number of para-hydroxylation sites is 1. The number of nitrogens with zero attached hydrogens (tertiary/aromatic N) is 4. The number of halogens is 2. The molecule has 0 saturated heterocycles. The minimum Gasteiger partial charge on any atom is -0.411 e. The van der Waals surface area contributed by atoms with Crippen LogP contribution in [0.15, 0.2) is 58.2 Å². The smallest absolute Gasteiger partial charge is 0.277 e. The quantitative estimate of drug-likeness (QED) is 0.557. The van der Waals surface area contributed by atoms with Crippen molar-refractivity contribution in [3.8, 4) is 17.5 Å². The largest absolute Gasteiger partial charge is 0.411 e. The van der Waals surface area contributed by atoms with Crippen molar-refractivity contribution in [3.05, 3.63) is 60.2 Å². The van der Waals surface area contributed by atoms with Crippen LogP contribution < -0.4 is 4.90 Å². The third kappa shape index (κ3) is 4.53. The molecule has 9 heteroatoms. The maximum absolute atomic E-state index is 14.1. The van der Waals surface area contributed by atoms with Gasteiger partial charge in [0.1, 0.15) is 11.6 Å². The average molecular weight is 400 g/mol. The molecule has 0 saturated carbocycles. The molecule has 0 unspecified atom stereocenters. The Morgan fingerprint density at radius 1 is 1.11 bits per heavy atom. The summed E-state index contributed by atoms with van der Waals surface area (Å²) in [6.07, 6.45) is 0.0583. The molecular weight excluding hydrogens is 386 g/mol. The summed E-state index contributed by atoms with van der Waals surface area (Å²) in [7, 11) is 0. The minimum absolute atomic E-state index is 0.00323. The van der Waals surface area contributed by atoms with Gasteiger partial charge >= 0.3 is 0 Å². The number of rotatable bonds is 7. The number of amides is 1. The molecule has 142 valence electrons. The predicted octanol–water partition coefficient (Wildman–Crippen LogP) is 4.05. The van der Waals surface area contributed by atoms with Crippen LogP contribution in [0.1, 0.15) is 6.42 Å². The molecule has 0 atom stereocenters. The summed E-state index contributed by atoms with van der Waals surface area (Å²) >= 11 is 0.953. The third-order valence-electron chi connectivity index (χ3n) is 3.72. The normalized spacial score (nSPS) is 10.5. The Morgan fingerprint density at radius 2 is 1.82 bits per heavy atom. The molecule has 1 amide bonds. The van der Waals surface area contributed by atoms with Crippen molar-refractivity contribution in [2.24, 2.45) is 0 Å². The number of carbonyl (C=O) groups is 1. The molecule has 3 rings (SSSR count). The van der Waals surface area contributed by atoms with Crippen molar-refractivity contribution in [1.82, 2.24) is 10.2 Å². The van der Waals surface area contributed by atoms with Gasteiger partial charge in [-0.2, -0.15) is 5.26 Å². The topological polar surface area (TPSA) is 83.0 Å². The summed E-state index contributed by atoms with van der Waals surface area (Å²) in [5.41, 5.74) is 0.260. The van der Waals surface area contributed by atoms with E-state index in [2.05, 4.69) is 10.2 Å². The van der Waals surface area contributed by atoms with E-state index in [1.807, 2.05) is 6.07 Å². The van der Waals surface area contributed by atoms with Crippen LogP contribution in [0, 0.1) is 23.0 Å². The van der Waals surface area contributed by atoms with Gasteiger partial charge in [0.25, 0.3) is 11.1 Å². The van der Waals surface area contributed by atoms with E-state index in [9.17, 15) is 13.6 Å². The SMILES string of the molecule is N#CCCN(C(=O)CSc1nnc(-c2ccccc2F)o1)c1ccccc1F. The zero-order valence-electron chi connectivity index (χ0n) is 14.5. The summed E-state index contributed by atoms with van der Waals surface area (Å²) in [6, 6.07) is 13.7. The number of hydrogen-bond acceptors (Lipinski definition) is 6. The first-order chi connectivity index (χ1) is 13.6. The van der Waals surface area contributed by atoms with Gasteiger partial charge in [-0.3, -0.25) is 4.79 Å². The number of thioether (sulfide) groups is 1. The molecule has 0 N–H and O–H groups in total. The summed E-state index contributed by atoms with van der Waals surface area (Å²) in [4.78, 5) is 13.8. The van der Waals surface area contributed by atoms with Crippen LogP contribution >= 0.6 is 11.8 Å². The molecule has 0 radical (unpaired) electrons. The van der Waals surface area contributed by atoms with Crippen molar-refractivity contribution < 1.29 is 18.0 Å². The van der Waals surface area contributed by atoms with E-state index in [0.29, 0.717) is 0 Å².